The highest BCUT2D eigenvalue weighted by molar-refractivity contribution is 7.92. The van der Waals surface area contributed by atoms with Crippen LogP contribution in [0.15, 0.2) is 102 Å². The fourth-order valence-corrected chi connectivity index (χ4v) is 5.02. The van der Waals surface area contributed by atoms with Crippen LogP contribution in [0.25, 0.3) is 10.8 Å². The van der Waals surface area contributed by atoms with Gasteiger partial charge in [-0.3, -0.25) is 9.10 Å². The number of rotatable bonds is 7. The maximum atomic E-state index is 13.3. The Kier molecular flexibility index (Phi) is 6.44. The van der Waals surface area contributed by atoms with Crippen LogP contribution in [0.3, 0.4) is 0 Å². The molecule has 7 heteroatoms. The molecule has 32 heavy (non-hydrogen) atoms. The van der Waals surface area contributed by atoms with E-state index in [1.807, 2.05) is 42.5 Å². The van der Waals surface area contributed by atoms with Gasteiger partial charge in [0.1, 0.15) is 6.54 Å². The third-order valence-corrected chi connectivity index (χ3v) is 7.04. The van der Waals surface area contributed by atoms with Gasteiger partial charge >= 0.3 is 0 Å². The quantitative estimate of drug-likeness (QED) is 0.418. The number of sulfonamides is 1. The molecule has 0 radical (unpaired) electrons. The predicted octanol–water partition coefficient (Wildman–Crippen LogP) is 5.00. The summed E-state index contributed by atoms with van der Waals surface area (Å²) in [5.74, 6) is -0.419. The van der Waals surface area contributed by atoms with Gasteiger partial charge in [-0.1, -0.05) is 72.3 Å². The van der Waals surface area contributed by atoms with Crippen molar-refractivity contribution in [2.24, 2.45) is 0 Å². The van der Waals surface area contributed by atoms with E-state index in [0.29, 0.717) is 17.3 Å². The van der Waals surface area contributed by atoms with Gasteiger partial charge in [0.05, 0.1) is 10.6 Å². The zero-order valence-electron chi connectivity index (χ0n) is 17.1. The van der Waals surface area contributed by atoms with Crippen LogP contribution in [0.2, 0.25) is 5.02 Å². The number of nitrogens with zero attached hydrogens (tertiary/aromatic N) is 1. The highest BCUT2D eigenvalue weighted by Gasteiger charge is 2.27. The molecule has 1 N–H and O–H groups in total. The van der Waals surface area contributed by atoms with E-state index in [-0.39, 0.29) is 11.4 Å². The molecule has 0 fully saturated rings. The molecule has 0 atom stereocenters. The monoisotopic (exact) mass is 464 g/mol. The van der Waals surface area contributed by atoms with E-state index >= 15 is 0 Å². The topological polar surface area (TPSA) is 66.5 Å². The van der Waals surface area contributed by atoms with Gasteiger partial charge in [-0.2, -0.15) is 0 Å². The largest absolute Gasteiger partial charge is 0.350 e. The minimum atomic E-state index is -3.96. The van der Waals surface area contributed by atoms with E-state index in [4.69, 9.17) is 11.6 Å². The Labute approximate surface area is 192 Å². The Morgan fingerprint density at radius 2 is 1.53 bits per heavy atom. The number of anilines is 1. The molecule has 0 saturated carbocycles. The number of hydrogen-bond donors (Lipinski definition) is 1. The van der Waals surface area contributed by atoms with Crippen LogP contribution in [0.4, 0.5) is 5.69 Å². The Bertz CT molecular complexity index is 1360. The minimum absolute atomic E-state index is 0.0994. The Hall–Kier alpha value is -3.35. The second-order valence-corrected chi connectivity index (χ2v) is 9.56. The fourth-order valence-electron chi connectivity index (χ4n) is 3.40. The lowest BCUT2D eigenvalue weighted by Crippen LogP contribution is -2.40. The average molecular weight is 465 g/mol. The molecule has 1 amide bonds. The summed E-state index contributed by atoms with van der Waals surface area (Å²) in [7, 11) is -3.96. The number of amides is 1. The third kappa shape index (κ3) is 4.93. The maximum Gasteiger partial charge on any atom is 0.264 e. The third-order valence-electron chi connectivity index (χ3n) is 5.02. The highest BCUT2D eigenvalue weighted by Crippen LogP contribution is 2.26. The van der Waals surface area contributed by atoms with Crippen LogP contribution in [-0.4, -0.2) is 20.9 Å². The number of fused-ring (bicyclic) bond motifs is 1. The molecule has 0 saturated heterocycles. The van der Waals surface area contributed by atoms with Crippen molar-refractivity contribution in [2.75, 3.05) is 10.8 Å². The van der Waals surface area contributed by atoms with Gasteiger partial charge in [-0.05, 0) is 52.7 Å². The van der Waals surface area contributed by atoms with Gasteiger partial charge < -0.3 is 5.32 Å². The molecule has 4 aromatic rings. The first-order chi connectivity index (χ1) is 15.4. The molecule has 0 aliphatic heterocycles. The van der Waals surface area contributed by atoms with Crippen molar-refractivity contribution < 1.29 is 13.2 Å². The van der Waals surface area contributed by atoms with Gasteiger partial charge in [-0.15, -0.1) is 0 Å². The first-order valence-corrected chi connectivity index (χ1v) is 11.8. The zero-order chi connectivity index (χ0) is 22.6. The van der Waals surface area contributed by atoms with Crippen molar-refractivity contribution >= 4 is 44.0 Å². The first kappa shape index (κ1) is 21.9. The lowest BCUT2D eigenvalue weighted by atomic mass is 10.1. The fraction of sp³-hybridized carbons (Fsp3) is 0.0800. The van der Waals surface area contributed by atoms with Crippen LogP contribution in [0.1, 0.15) is 5.56 Å². The molecular weight excluding hydrogens is 444 g/mol. The molecule has 4 aromatic carbocycles. The van der Waals surface area contributed by atoms with Gasteiger partial charge in [0, 0.05) is 11.6 Å². The number of carbonyl (C=O) groups excluding carboxylic acids is 1. The summed E-state index contributed by atoms with van der Waals surface area (Å²) in [5, 5.41) is 5.40. The summed E-state index contributed by atoms with van der Waals surface area (Å²) in [5.41, 5.74) is 1.25. The molecule has 0 heterocycles. The van der Waals surface area contributed by atoms with Gasteiger partial charge in [0.15, 0.2) is 0 Å². The first-order valence-electron chi connectivity index (χ1n) is 10.0. The lowest BCUT2D eigenvalue weighted by Gasteiger charge is -2.24. The van der Waals surface area contributed by atoms with Crippen LogP contribution in [0, 0.1) is 0 Å². The molecule has 0 aliphatic rings. The number of carbonyl (C=O) groups is 1. The molecule has 5 nitrogen and oxygen atoms in total. The van der Waals surface area contributed by atoms with Gasteiger partial charge in [0.25, 0.3) is 10.0 Å². The highest BCUT2D eigenvalue weighted by atomic mass is 35.5. The maximum absolute atomic E-state index is 13.3. The SMILES string of the molecule is O=C(CN(c1cccc(Cl)c1)S(=O)(=O)c1ccccc1)NCc1ccc2ccccc2c1. The second kappa shape index (κ2) is 9.42. The molecule has 0 aliphatic carbocycles. The molecule has 0 spiro atoms. The molecule has 0 unspecified atom stereocenters. The molecule has 0 aromatic heterocycles. The average Bonchev–Trinajstić information content (AvgIpc) is 2.81. The summed E-state index contributed by atoms with van der Waals surface area (Å²) < 4.78 is 27.7. The van der Waals surface area contributed by atoms with Crippen molar-refractivity contribution in [1.82, 2.24) is 5.32 Å². The van der Waals surface area contributed by atoms with Gasteiger partial charge in [-0.25, -0.2) is 8.42 Å². The summed E-state index contributed by atoms with van der Waals surface area (Å²) in [4.78, 5) is 12.9. The van der Waals surface area contributed by atoms with Crippen molar-refractivity contribution in [3.05, 3.63) is 108 Å². The van der Waals surface area contributed by atoms with Crippen LogP contribution in [0.5, 0.6) is 0 Å². The molecular formula is C25H21ClN2O3S. The normalized spacial score (nSPS) is 11.3. The summed E-state index contributed by atoms with van der Waals surface area (Å²) in [6.07, 6.45) is 0. The smallest absolute Gasteiger partial charge is 0.264 e. The predicted molar refractivity (Wildman–Crippen MR) is 128 cm³/mol. The van der Waals surface area contributed by atoms with E-state index in [1.165, 1.54) is 18.2 Å². The number of halogens is 1. The Balaban J connectivity index is 1.55. The van der Waals surface area contributed by atoms with Crippen molar-refractivity contribution in [2.45, 2.75) is 11.4 Å². The van der Waals surface area contributed by atoms with Crippen molar-refractivity contribution in [1.29, 1.82) is 0 Å². The summed E-state index contributed by atoms with van der Waals surface area (Å²) in [6.45, 7) is -0.0798. The van der Waals surface area contributed by atoms with E-state index < -0.39 is 15.9 Å². The minimum Gasteiger partial charge on any atom is -0.350 e. The van der Waals surface area contributed by atoms with Gasteiger partial charge in [0.2, 0.25) is 5.91 Å². The summed E-state index contributed by atoms with van der Waals surface area (Å²) in [6, 6.07) is 28.4. The van der Waals surface area contributed by atoms with E-state index in [0.717, 1.165) is 20.6 Å². The van der Waals surface area contributed by atoms with Crippen LogP contribution in [-0.2, 0) is 21.4 Å². The Morgan fingerprint density at radius 3 is 2.28 bits per heavy atom. The van der Waals surface area contributed by atoms with E-state index in [2.05, 4.69) is 5.32 Å². The number of benzene rings is 4. The van der Waals surface area contributed by atoms with Crippen molar-refractivity contribution in [3.63, 3.8) is 0 Å². The van der Waals surface area contributed by atoms with E-state index in [1.54, 1.807) is 36.4 Å². The lowest BCUT2D eigenvalue weighted by molar-refractivity contribution is -0.119. The molecule has 4 rings (SSSR count). The summed E-state index contributed by atoms with van der Waals surface area (Å²) >= 11 is 6.09. The molecule has 0 bridgehead atoms. The number of hydrogen-bond acceptors (Lipinski definition) is 3. The van der Waals surface area contributed by atoms with Crippen LogP contribution < -0.4 is 9.62 Å². The molecule has 162 valence electrons. The Morgan fingerprint density at radius 1 is 0.812 bits per heavy atom. The van der Waals surface area contributed by atoms with Crippen LogP contribution >= 0.6 is 11.6 Å². The zero-order valence-corrected chi connectivity index (χ0v) is 18.7. The van der Waals surface area contributed by atoms with Crippen molar-refractivity contribution in [3.8, 4) is 0 Å². The van der Waals surface area contributed by atoms with E-state index in [9.17, 15) is 13.2 Å². The number of nitrogens with one attached hydrogen (secondary N) is 1. The standard InChI is InChI=1S/C25H21ClN2O3S/c26-22-9-6-10-23(16-22)28(32(30,31)24-11-2-1-3-12-24)18-25(29)27-17-19-13-14-20-7-4-5-8-21(20)15-19/h1-16H,17-18H2,(H,27,29). The second-order valence-electron chi connectivity index (χ2n) is 7.26.